The van der Waals surface area contributed by atoms with Gasteiger partial charge in [0.2, 0.25) is 15.9 Å². The Morgan fingerprint density at radius 1 is 1.25 bits per heavy atom. The van der Waals surface area contributed by atoms with E-state index in [4.69, 9.17) is 11.6 Å². The van der Waals surface area contributed by atoms with Crippen LogP contribution >= 0.6 is 11.6 Å². The SMILES string of the molecule is CN(C)C(=O)CNC(=O)c1cc(S(=O)(=O)N2CCCC2)ccc1Cl. The maximum atomic E-state index is 12.6. The largest absolute Gasteiger partial charge is 0.347 e. The Hall–Kier alpha value is -1.64. The number of carbonyl (C=O) groups excluding carboxylic acids is 2. The number of sulfonamides is 1. The summed E-state index contributed by atoms with van der Waals surface area (Å²) >= 11 is 6.01. The van der Waals surface area contributed by atoms with Gasteiger partial charge in [-0.25, -0.2) is 8.42 Å². The fourth-order valence-electron chi connectivity index (χ4n) is 2.33. The lowest BCUT2D eigenvalue weighted by atomic mass is 10.2. The molecule has 1 aliphatic rings. The fraction of sp³-hybridized carbons (Fsp3) is 0.467. The lowest BCUT2D eigenvalue weighted by Crippen LogP contribution is -2.36. The van der Waals surface area contributed by atoms with Crippen LogP contribution in [0.15, 0.2) is 23.1 Å². The van der Waals surface area contributed by atoms with Crippen molar-refractivity contribution in [1.29, 1.82) is 0 Å². The second-order valence-electron chi connectivity index (χ2n) is 5.72. The first kappa shape index (κ1) is 18.7. The molecule has 0 aromatic heterocycles. The van der Waals surface area contributed by atoms with E-state index in [0.29, 0.717) is 13.1 Å². The molecule has 2 rings (SSSR count). The van der Waals surface area contributed by atoms with Crippen molar-refractivity contribution in [3.05, 3.63) is 28.8 Å². The van der Waals surface area contributed by atoms with E-state index < -0.39 is 15.9 Å². The summed E-state index contributed by atoms with van der Waals surface area (Å²) in [5.74, 6) is -0.867. The molecule has 0 unspecified atom stereocenters. The number of nitrogens with zero attached hydrogens (tertiary/aromatic N) is 2. The minimum absolute atomic E-state index is 0.0258. The minimum atomic E-state index is -3.64. The molecule has 0 spiro atoms. The average molecular weight is 374 g/mol. The van der Waals surface area contributed by atoms with Crippen LogP contribution in [0.2, 0.25) is 5.02 Å². The topological polar surface area (TPSA) is 86.8 Å². The summed E-state index contributed by atoms with van der Waals surface area (Å²) in [6.07, 6.45) is 1.65. The van der Waals surface area contributed by atoms with Crippen LogP contribution in [0, 0.1) is 0 Å². The zero-order valence-electron chi connectivity index (χ0n) is 13.6. The first-order chi connectivity index (χ1) is 11.2. The molecule has 1 saturated heterocycles. The summed E-state index contributed by atoms with van der Waals surface area (Å²) in [4.78, 5) is 25.1. The van der Waals surface area contributed by atoms with E-state index in [1.54, 1.807) is 14.1 Å². The number of likely N-dealkylation sites (N-methyl/N-ethyl adjacent to an activating group) is 1. The van der Waals surface area contributed by atoms with E-state index >= 15 is 0 Å². The van der Waals surface area contributed by atoms with Gasteiger partial charge in [0, 0.05) is 27.2 Å². The smallest absolute Gasteiger partial charge is 0.253 e. The molecular formula is C15H20ClN3O4S. The molecule has 1 aromatic carbocycles. The van der Waals surface area contributed by atoms with Crippen LogP contribution in [-0.4, -0.2) is 63.2 Å². The van der Waals surface area contributed by atoms with Crippen LogP contribution in [0.25, 0.3) is 0 Å². The predicted octanol–water partition coefficient (Wildman–Crippen LogP) is 0.943. The Morgan fingerprint density at radius 2 is 1.88 bits per heavy atom. The van der Waals surface area contributed by atoms with Crippen molar-refractivity contribution in [2.75, 3.05) is 33.7 Å². The molecule has 1 heterocycles. The summed E-state index contributed by atoms with van der Waals surface area (Å²) < 4.78 is 26.5. The number of halogens is 1. The molecule has 9 heteroatoms. The number of nitrogens with one attached hydrogen (secondary N) is 1. The van der Waals surface area contributed by atoms with Gasteiger partial charge in [-0.3, -0.25) is 9.59 Å². The van der Waals surface area contributed by atoms with Gasteiger partial charge < -0.3 is 10.2 Å². The molecule has 2 amide bonds. The number of benzene rings is 1. The van der Waals surface area contributed by atoms with Crippen LogP contribution < -0.4 is 5.32 Å². The molecule has 7 nitrogen and oxygen atoms in total. The highest BCUT2D eigenvalue weighted by Crippen LogP contribution is 2.25. The van der Waals surface area contributed by atoms with Crippen LogP contribution in [0.5, 0.6) is 0 Å². The van der Waals surface area contributed by atoms with Gasteiger partial charge in [-0.05, 0) is 31.0 Å². The number of carbonyl (C=O) groups is 2. The van der Waals surface area contributed by atoms with Crippen LogP contribution in [0.1, 0.15) is 23.2 Å². The van der Waals surface area contributed by atoms with E-state index in [9.17, 15) is 18.0 Å². The molecule has 0 radical (unpaired) electrons. The first-order valence-electron chi connectivity index (χ1n) is 7.51. The van der Waals surface area contributed by atoms with Crippen LogP contribution in [-0.2, 0) is 14.8 Å². The molecule has 1 fully saturated rings. The van der Waals surface area contributed by atoms with Crippen molar-refractivity contribution in [1.82, 2.24) is 14.5 Å². The number of rotatable bonds is 5. The van der Waals surface area contributed by atoms with Gasteiger partial charge in [0.15, 0.2) is 0 Å². The molecular weight excluding hydrogens is 354 g/mol. The fourth-order valence-corrected chi connectivity index (χ4v) is 4.07. The van der Waals surface area contributed by atoms with Gasteiger partial charge >= 0.3 is 0 Å². The monoisotopic (exact) mass is 373 g/mol. The van der Waals surface area contributed by atoms with Crippen molar-refractivity contribution < 1.29 is 18.0 Å². The Bertz CT molecular complexity index is 743. The Kier molecular flexibility index (Phi) is 5.84. The average Bonchev–Trinajstić information content (AvgIpc) is 3.07. The highest BCUT2D eigenvalue weighted by atomic mass is 35.5. The molecule has 132 valence electrons. The van der Waals surface area contributed by atoms with Crippen molar-refractivity contribution in [2.45, 2.75) is 17.7 Å². The summed E-state index contributed by atoms with van der Waals surface area (Å²) in [5, 5.41) is 2.58. The van der Waals surface area contributed by atoms with Crippen molar-refractivity contribution in [3.8, 4) is 0 Å². The second kappa shape index (κ2) is 7.50. The van der Waals surface area contributed by atoms with Gasteiger partial charge in [-0.2, -0.15) is 4.31 Å². The quantitative estimate of drug-likeness (QED) is 0.832. The van der Waals surface area contributed by atoms with Crippen molar-refractivity contribution in [2.24, 2.45) is 0 Å². The van der Waals surface area contributed by atoms with E-state index in [-0.39, 0.29) is 27.9 Å². The first-order valence-corrected chi connectivity index (χ1v) is 9.33. The summed E-state index contributed by atoms with van der Waals surface area (Å²) in [6, 6.07) is 4.02. The highest BCUT2D eigenvalue weighted by molar-refractivity contribution is 7.89. The van der Waals surface area contributed by atoms with Gasteiger partial charge in [-0.15, -0.1) is 0 Å². The summed E-state index contributed by atoms with van der Waals surface area (Å²) in [6.45, 7) is 0.763. The Balaban J connectivity index is 2.22. The van der Waals surface area contributed by atoms with Crippen LogP contribution in [0.4, 0.5) is 0 Å². The van der Waals surface area contributed by atoms with E-state index in [1.165, 1.54) is 27.4 Å². The number of hydrogen-bond acceptors (Lipinski definition) is 4. The van der Waals surface area contributed by atoms with E-state index in [2.05, 4.69) is 5.32 Å². The highest BCUT2D eigenvalue weighted by Gasteiger charge is 2.28. The molecule has 0 saturated carbocycles. The van der Waals surface area contributed by atoms with Gasteiger partial charge in [-0.1, -0.05) is 11.6 Å². The third-order valence-electron chi connectivity index (χ3n) is 3.78. The normalized spacial score (nSPS) is 15.3. The van der Waals surface area contributed by atoms with E-state index in [1.807, 2.05) is 0 Å². The minimum Gasteiger partial charge on any atom is -0.347 e. The molecule has 1 aromatic rings. The third-order valence-corrected chi connectivity index (χ3v) is 6.01. The molecule has 1 N–H and O–H groups in total. The van der Waals surface area contributed by atoms with Gasteiger partial charge in [0.1, 0.15) is 0 Å². The maximum absolute atomic E-state index is 12.6. The van der Waals surface area contributed by atoms with Crippen molar-refractivity contribution >= 4 is 33.4 Å². The standard InChI is InChI=1S/C15H20ClN3O4S/c1-18(2)14(20)10-17-15(21)12-9-11(5-6-13(12)16)24(22,23)19-7-3-4-8-19/h5-6,9H,3-4,7-8,10H2,1-2H3,(H,17,21). The maximum Gasteiger partial charge on any atom is 0.253 e. The lowest BCUT2D eigenvalue weighted by Gasteiger charge is -2.16. The molecule has 0 bridgehead atoms. The zero-order chi connectivity index (χ0) is 17.9. The second-order valence-corrected chi connectivity index (χ2v) is 8.07. The Morgan fingerprint density at radius 3 is 2.46 bits per heavy atom. The van der Waals surface area contributed by atoms with E-state index in [0.717, 1.165) is 12.8 Å². The van der Waals surface area contributed by atoms with Gasteiger partial charge in [0.25, 0.3) is 5.91 Å². The zero-order valence-corrected chi connectivity index (χ0v) is 15.2. The predicted molar refractivity (Wildman–Crippen MR) is 90.5 cm³/mol. The number of amides is 2. The summed E-state index contributed by atoms with van der Waals surface area (Å²) in [5.41, 5.74) is 0.0310. The number of hydrogen-bond donors (Lipinski definition) is 1. The third kappa shape index (κ3) is 4.06. The molecule has 0 aliphatic carbocycles. The molecule has 0 atom stereocenters. The lowest BCUT2D eigenvalue weighted by molar-refractivity contribution is -0.127. The molecule has 1 aliphatic heterocycles. The van der Waals surface area contributed by atoms with Gasteiger partial charge in [0.05, 0.1) is 22.0 Å². The summed E-state index contributed by atoms with van der Waals surface area (Å²) in [7, 11) is -0.488. The molecule has 24 heavy (non-hydrogen) atoms. The van der Waals surface area contributed by atoms with Crippen LogP contribution in [0.3, 0.4) is 0 Å². The Labute approximate surface area is 146 Å². The van der Waals surface area contributed by atoms with Crippen molar-refractivity contribution in [3.63, 3.8) is 0 Å².